The lowest BCUT2D eigenvalue weighted by Crippen LogP contribution is -2.49. The number of allylic oxidation sites excluding steroid dienone is 2. The number of rotatable bonds is 3. The molecule has 1 fully saturated rings. The third-order valence-electron chi connectivity index (χ3n) is 6.69. The zero-order valence-corrected chi connectivity index (χ0v) is 17.1. The van der Waals surface area contributed by atoms with Gasteiger partial charge in [0.15, 0.2) is 0 Å². The van der Waals surface area contributed by atoms with E-state index in [0.717, 1.165) is 44.6 Å². The SMILES string of the molecule is COc1ccc2c(c1)NC1(CCN(CC3=C(C)CC(C)=C3)CC1)c1cccn1-2. The van der Waals surface area contributed by atoms with Crippen molar-refractivity contribution in [3.8, 4) is 11.4 Å². The topological polar surface area (TPSA) is 29.4 Å². The number of ether oxygens (including phenoxy) is 1. The molecule has 0 saturated carbocycles. The van der Waals surface area contributed by atoms with Gasteiger partial charge >= 0.3 is 0 Å². The van der Waals surface area contributed by atoms with E-state index in [0.29, 0.717) is 0 Å². The molecule has 3 aliphatic rings. The van der Waals surface area contributed by atoms with Crippen LogP contribution in [-0.4, -0.2) is 36.2 Å². The van der Waals surface area contributed by atoms with Crippen LogP contribution in [0.1, 0.15) is 38.8 Å². The van der Waals surface area contributed by atoms with E-state index in [9.17, 15) is 0 Å². The van der Waals surface area contributed by atoms with Crippen molar-refractivity contribution in [2.45, 2.75) is 38.6 Å². The highest BCUT2D eigenvalue weighted by Crippen LogP contribution is 2.44. The maximum Gasteiger partial charge on any atom is 0.121 e. The number of likely N-dealkylation sites (tertiary alicyclic amines) is 1. The Morgan fingerprint density at radius 2 is 1.96 bits per heavy atom. The molecule has 1 spiro atoms. The smallest absolute Gasteiger partial charge is 0.121 e. The van der Waals surface area contributed by atoms with Crippen molar-refractivity contribution in [2.24, 2.45) is 0 Å². The van der Waals surface area contributed by atoms with Crippen LogP contribution in [0.5, 0.6) is 5.75 Å². The summed E-state index contributed by atoms with van der Waals surface area (Å²) in [5, 5.41) is 3.91. The normalized spacial score (nSPS) is 20.6. The number of hydrogen-bond donors (Lipinski definition) is 1. The second-order valence-electron chi connectivity index (χ2n) is 8.60. The zero-order chi connectivity index (χ0) is 19.3. The highest BCUT2D eigenvalue weighted by atomic mass is 16.5. The van der Waals surface area contributed by atoms with Crippen LogP contribution < -0.4 is 10.1 Å². The van der Waals surface area contributed by atoms with Crippen LogP contribution in [0.15, 0.2) is 59.3 Å². The Bertz CT molecular complexity index is 973. The molecule has 4 nitrogen and oxygen atoms in total. The molecule has 0 unspecified atom stereocenters. The molecular formula is C24H29N3O. The summed E-state index contributed by atoms with van der Waals surface area (Å²) in [5.74, 6) is 0.903. The second kappa shape index (κ2) is 6.56. The lowest BCUT2D eigenvalue weighted by Gasteiger charge is -2.46. The summed E-state index contributed by atoms with van der Waals surface area (Å²) in [6.45, 7) is 7.84. The van der Waals surface area contributed by atoms with E-state index in [1.165, 1.54) is 28.2 Å². The number of fused-ring (bicyclic) bond motifs is 4. The van der Waals surface area contributed by atoms with Crippen molar-refractivity contribution >= 4 is 5.69 Å². The molecule has 1 aromatic heterocycles. The van der Waals surface area contributed by atoms with Crippen LogP contribution in [-0.2, 0) is 5.54 Å². The molecule has 2 aromatic rings. The van der Waals surface area contributed by atoms with Crippen LogP contribution in [0.3, 0.4) is 0 Å². The van der Waals surface area contributed by atoms with E-state index in [-0.39, 0.29) is 5.54 Å². The molecule has 1 saturated heterocycles. The lowest BCUT2D eigenvalue weighted by atomic mass is 9.82. The van der Waals surface area contributed by atoms with E-state index in [2.05, 4.69) is 65.2 Å². The first-order chi connectivity index (χ1) is 13.6. The van der Waals surface area contributed by atoms with Crippen molar-refractivity contribution in [1.82, 2.24) is 9.47 Å². The predicted octanol–water partition coefficient (Wildman–Crippen LogP) is 4.87. The number of nitrogens with one attached hydrogen (secondary N) is 1. The summed E-state index contributed by atoms with van der Waals surface area (Å²) in [6, 6.07) is 10.8. The molecule has 0 radical (unpaired) electrons. The molecule has 3 heterocycles. The summed E-state index contributed by atoms with van der Waals surface area (Å²) >= 11 is 0. The maximum absolute atomic E-state index is 5.47. The zero-order valence-electron chi connectivity index (χ0n) is 17.1. The number of piperidine rings is 1. The van der Waals surface area contributed by atoms with E-state index in [1.54, 1.807) is 12.7 Å². The van der Waals surface area contributed by atoms with E-state index in [4.69, 9.17) is 4.74 Å². The minimum absolute atomic E-state index is 0.00419. The van der Waals surface area contributed by atoms with Gasteiger partial charge in [0.25, 0.3) is 0 Å². The molecular weight excluding hydrogens is 346 g/mol. The summed E-state index contributed by atoms with van der Waals surface area (Å²) in [5.41, 5.74) is 8.34. The van der Waals surface area contributed by atoms with Gasteiger partial charge in [0, 0.05) is 37.6 Å². The molecule has 28 heavy (non-hydrogen) atoms. The molecule has 1 aliphatic carbocycles. The van der Waals surface area contributed by atoms with E-state index >= 15 is 0 Å². The van der Waals surface area contributed by atoms with Gasteiger partial charge in [-0.3, -0.25) is 4.90 Å². The number of hydrogen-bond acceptors (Lipinski definition) is 3. The van der Waals surface area contributed by atoms with Gasteiger partial charge in [0.2, 0.25) is 0 Å². The Hall–Kier alpha value is -2.46. The number of benzene rings is 1. The minimum Gasteiger partial charge on any atom is -0.497 e. The van der Waals surface area contributed by atoms with Gasteiger partial charge in [-0.05, 0) is 62.9 Å². The Kier molecular flexibility index (Phi) is 4.13. The number of anilines is 1. The number of methoxy groups -OCH3 is 1. The van der Waals surface area contributed by atoms with Crippen LogP contribution >= 0.6 is 0 Å². The lowest BCUT2D eigenvalue weighted by molar-refractivity contribution is 0.180. The first-order valence-corrected chi connectivity index (χ1v) is 10.3. The average Bonchev–Trinajstić information content (AvgIpc) is 3.31. The molecule has 0 amide bonds. The second-order valence-corrected chi connectivity index (χ2v) is 8.60. The Balaban J connectivity index is 1.39. The Morgan fingerprint density at radius 3 is 2.68 bits per heavy atom. The maximum atomic E-state index is 5.47. The van der Waals surface area contributed by atoms with Crippen molar-refractivity contribution < 1.29 is 4.74 Å². The number of aromatic nitrogens is 1. The van der Waals surface area contributed by atoms with Crippen molar-refractivity contribution in [1.29, 1.82) is 0 Å². The Morgan fingerprint density at radius 1 is 1.14 bits per heavy atom. The fraction of sp³-hybridized carbons (Fsp3) is 0.417. The molecule has 1 N–H and O–H groups in total. The van der Waals surface area contributed by atoms with Crippen LogP contribution in [0, 0.1) is 0 Å². The van der Waals surface area contributed by atoms with Gasteiger partial charge < -0.3 is 14.6 Å². The minimum atomic E-state index is 0.00419. The van der Waals surface area contributed by atoms with Crippen molar-refractivity contribution in [2.75, 3.05) is 32.1 Å². The summed E-state index contributed by atoms with van der Waals surface area (Å²) in [4.78, 5) is 2.62. The summed E-state index contributed by atoms with van der Waals surface area (Å²) < 4.78 is 7.83. The van der Waals surface area contributed by atoms with Gasteiger partial charge in [-0.15, -0.1) is 0 Å². The van der Waals surface area contributed by atoms with Gasteiger partial charge in [0.05, 0.1) is 24.0 Å². The summed E-state index contributed by atoms with van der Waals surface area (Å²) in [7, 11) is 1.73. The molecule has 0 atom stereocenters. The van der Waals surface area contributed by atoms with Crippen LogP contribution in [0.4, 0.5) is 5.69 Å². The molecule has 1 aromatic carbocycles. The average molecular weight is 376 g/mol. The molecule has 146 valence electrons. The van der Waals surface area contributed by atoms with Crippen molar-refractivity contribution in [3.05, 3.63) is 65.0 Å². The third-order valence-corrected chi connectivity index (χ3v) is 6.69. The van der Waals surface area contributed by atoms with Crippen molar-refractivity contribution in [3.63, 3.8) is 0 Å². The highest BCUT2D eigenvalue weighted by Gasteiger charge is 2.41. The van der Waals surface area contributed by atoms with Gasteiger partial charge in [-0.1, -0.05) is 17.2 Å². The molecule has 5 rings (SSSR count). The third kappa shape index (κ3) is 2.78. The largest absolute Gasteiger partial charge is 0.497 e. The van der Waals surface area contributed by atoms with Crippen LogP contribution in [0.25, 0.3) is 5.69 Å². The molecule has 4 heteroatoms. The Labute approximate surface area is 167 Å². The molecule has 2 aliphatic heterocycles. The number of nitrogens with zero attached hydrogens (tertiary/aromatic N) is 2. The predicted molar refractivity (Wildman–Crippen MR) is 114 cm³/mol. The molecule has 0 bridgehead atoms. The standard InChI is InChI=1S/C24H29N3O/c1-17-13-18(2)19(14-17)16-26-11-8-24(9-12-26)23-5-4-10-27(23)22-7-6-20(28-3)15-21(22)25-24/h4-7,10,14-15,25H,8-9,11-13,16H2,1-3H3. The highest BCUT2D eigenvalue weighted by molar-refractivity contribution is 5.69. The summed E-state index contributed by atoms with van der Waals surface area (Å²) in [6.07, 6.45) is 7.97. The van der Waals surface area contributed by atoms with E-state index in [1.807, 2.05) is 6.07 Å². The van der Waals surface area contributed by atoms with Gasteiger partial charge in [-0.2, -0.15) is 0 Å². The monoisotopic (exact) mass is 375 g/mol. The van der Waals surface area contributed by atoms with Gasteiger partial charge in [-0.25, -0.2) is 0 Å². The van der Waals surface area contributed by atoms with E-state index < -0.39 is 0 Å². The first kappa shape index (κ1) is 17.6. The quantitative estimate of drug-likeness (QED) is 0.830. The fourth-order valence-electron chi connectivity index (χ4n) is 5.15. The van der Waals surface area contributed by atoms with Gasteiger partial charge in [0.1, 0.15) is 5.75 Å². The first-order valence-electron chi connectivity index (χ1n) is 10.3. The van der Waals surface area contributed by atoms with Crippen LogP contribution in [0.2, 0.25) is 0 Å². The fourth-order valence-corrected chi connectivity index (χ4v) is 5.15.